The van der Waals surface area contributed by atoms with Crippen LogP contribution in [0.2, 0.25) is 5.02 Å². The van der Waals surface area contributed by atoms with Crippen LogP contribution in [0.4, 0.5) is 0 Å². The Kier molecular flexibility index (Phi) is 4.26. The van der Waals surface area contributed by atoms with E-state index in [1.807, 2.05) is 49.4 Å². The van der Waals surface area contributed by atoms with Crippen LogP contribution >= 0.6 is 22.9 Å². The molecule has 142 valence electrons. The summed E-state index contributed by atoms with van der Waals surface area (Å²) in [5.74, 6) is 0.502. The quantitative estimate of drug-likeness (QED) is 0.426. The first-order chi connectivity index (χ1) is 14.1. The van der Waals surface area contributed by atoms with Crippen molar-refractivity contribution in [3.05, 3.63) is 88.2 Å². The SMILES string of the molecule is Cc1cccc(Cl)c1-n1c(-c2ccccc2)nc2nc(-n3ccnc3)sc2c1=O. The Morgan fingerprint density at radius 3 is 2.59 bits per heavy atom. The molecule has 5 rings (SSSR count). The molecule has 29 heavy (non-hydrogen) atoms. The normalized spacial score (nSPS) is 11.2. The van der Waals surface area contributed by atoms with Crippen molar-refractivity contribution in [1.29, 1.82) is 0 Å². The number of halogens is 1. The Balaban J connectivity index is 1.89. The van der Waals surface area contributed by atoms with Crippen molar-refractivity contribution < 1.29 is 0 Å². The molecule has 8 heteroatoms. The zero-order valence-electron chi connectivity index (χ0n) is 15.3. The molecule has 0 aliphatic carbocycles. The van der Waals surface area contributed by atoms with Crippen LogP contribution in [0.25, 0.3) is 32.6 Å². The largest absolute Gasteiger partial charge is 0.282 e. The summed E-state index contributed by atoms with van der Waals surface area (Å²) >= 11 is 7.80. The minimum absolute atomic E-state index is 0.200. The lowest BCUT2D eigenvalue weighted by Gasteiger charge is -2.15. The summed E-state index contributed by atoms with van der Waals surface area (Å²) in [4.78, 5) is 27.0. The zero-order valence-corrected chi connectivity index (χ0v) is 16.9. The first kappa shape index (κ1) is 17.8. The number of hydrogen-bond acceptors (Lipinski definition) is 5. The van der Waals surface area contributed by atoms with E-state index in [0.29, 0.717) is 32.0 Å². The Hall–Kier alpha value is -3.29. The van der Waals surface area contributed by atoms with Gasteiger partial charge in [-0.15, -0.1) is 0 Å². The van der Waals surface area contributed by atoms with Gasteiger partial charge in [-0.05, 0) is 18.6 Å². The summed E-state index contributed by atoms with van der Waals surface area (Å²) in [6.45, 7) is 1.93. The summed E-state index contributed by atoms with van der Waals surface area (Å²) in [5, 5.41) is 1.12. The highest BCUT2D eigenvalue weighted by Crippen LogP contribution is 2.30. The smallest absolute Gasteiger partial charge is 0.278 e. The van der Waals surface area contributed by atoms with Gasteiger partial charge in [0.2, 0.25) is 0 Å². The standard InChI is InChI=1S/C21H14ClN5OS/c1-13-6-5-9-15(22)16(13)27-19(14-7-3-2-4-8-14)24-18-17(20(27)28)29-21(25-18)26-11-10-23-12-26/h2-12H,1H3. The van der Waals surface area contributed by atoms with Gasteiger partial charge < -0.3 is 0 Å². The fraction of sp³-hybridized carbons (Fsp3) is 0.0476. The van der Waals surface area contributed by atoms with Crippen LogP contribution in [0.15, 0.2) is 72.0 Å². The van der Waals surface area contributed by atoms with Gasteiger partial charge in [0, 0.05) is 18.0 Å². The van der Waals surface area contributed by atoms with E-state index in [9.17, 15) is 4.79 Å². The van der Waals surface area contributed by atoms with Crippen LogP contribution in [0.1, 0.15) is 5.56 Å². The van der Waals surface area contributed by atoms with Crippen LogP contribution in [0.5, 0.6) is 0 Å². The maximum atomic E-state index is 13.6. The van der Waals surface area contributed by atoms with Crippen molar-refractivity contribution in [2.45, 2.75) is 6.92 Å². The maximum absolute atomic E-state index is 13.6. The molecule has 0 aliphatic rings. The molecular formula is C21H14ClN5OS. The molecule has 0 bridgehead atoms. The summed E-state index contributed by atoms with van der Waals surface area (Å²) < 4.78 is 3.82. The minimum atomic E-state index is -0.200. The second-order valence-electron chi connectivity index (χ2n) is 6.47. The highest BCUT2D eigenvalue weighted by atomic mass is 35.5. The predicted molar refractivity (Wildman–Crippen MR) is 115 cm³/mol. The number of rotatable bonds is 3. The van der Waals surface area contributed by atoms with Crippen LogP contribution < -0.4 is 5.56 Å². The lowest BCUT2D eigenvalue weighted by molar-refractivity contribution is 0.961. The van der Waals surface area contributed by atoms with Gasteiger partial charge >= 0.3 is 0 Å². The van der Waals surface area contributed by atoms with Gasteiger partial charge in [-0.1, -0.05) is 65.4 Å². The molecule has 3 aromatic heterocycles. The van der Waals surface area contributed by atoms with Crippen LogP contribution in [-0.4, -0.2) is 24.1 Å². The van der Waals surface area contributed by atoms with E-state index in [1.54, 1.807) is 33.9 Å². The number of imidazole rings is 1. The molecule has 0 fully saturated rings. The number of nitrogens with zero attached hydrogens (tertiary/aromatic N) is 5. The Labute approximate surface area is 174 Å². The van der Waals surface area contributed by atoms with Gasteiger partial charge in [0.1, 0.15) is 16.9 Å². The molecule has 3 heterocycles. The topological polar surface area (TPSA) is 65.6 Å². The lowest BCUT2D eigenvalue weighted by atomic mass is 10.1. The molecule has 0 radical (unpaired) electrons. The minimum Gasteiger partial charge on any atom is -0.282 e. The summed E-state index contributed by atoms with van der Waals surface area (Å²) in [6.07, 6.45) is 5.10. The van der Waals surface area contributed by atoms with Gasteiger partial charge in [-0.25, -0.2) is 9.97 Å². The molecule has 2 aromatic carbocycles. The number of aromatic nitrogens is 5. The van der Waals surface area contributed by atoms with Gasteiger partial charge in [-0.3, -0.25) is 13.9 Å². The van der Waals surface area contributed by atoms with E-state index >= 15 is 0 Å². The molecule has 0 saturated heterocycles. The Bertz CT molecular complexity index is 1370. The van der Waals surface area contributed by atoms with Crippen molar-refractivity contribution in [2.24, 2.45) is 0 Å². The summed E-state index contributed by atoms with van der Waals surface area (Å²) in [6, 6.07) is 15.1. The summed E-state index contributed by atoms with van der Waals surface area (Å²) in [7, 11) is 0. The summed E-state index contributed by atoms with van der Waals surface area (Å²) in [5.41, 5.74) is 2.53. The van der Waals surface area contributed by atoms with Crippen LogP contribution in [0.3, 0.4) is 0 Å². The third-order valence-corrected chi connectivity index (χ3v) is 5.94. The Morgan fingerprint density at radius 2 is 1.86 bits per heavy atom. The van der Waals surface area contributed by atoms with Crippen molar-refractivity contribution >= 4 is 33.3 Å². The molecule has 0 amide bonds. The van der Waals surface area contributed by atoms with Crippen molar-refractivity contribution in [1.82, 2.24) is 24.1 Å². The van der Waals surface area contributed by atoms with Crippen LogP contribution in [-0.2, 0) is 0 Å². The first-order valence-corrected chi connectivity index (χ1v) is 10.1. The second kappa shape index (κ2) is 6.95. The molecule has 0 spiro atoms. The number of thiazole rings is 1. The lowest BCUT2D eigenvalue weighted by Crippen LogP contribution is -2.22. The molecule has 0 saturated carbocycles. The van der Waals surface area contributed by atoms with Gasteiger partial charge in [0.15, 0.2) is 10.8 Å². The van der Waals surface area contributed by atoms with E-state index in [-0.39, 0.29) is 5.56 Å². The molecular weight excluding hydrogens is 406 g/mol. The Morgan fingerprint density at radius 1 is 1.03 bits per heavy atom. The monoisotopic (exact) mass is 419 g/mol. The van der Waals surface area contributed by atoms with Crippen LogP contribution in [0, 0.1) is 6.92 Å². The molecule has 0 aliphatic heterocycles. The number of hydrogen-bond donors (Lipinski definition) is 0. The van der Waals surface area contributed by atoms with Gasteiger partial charge in [-0.2, -0.15) is 4.98 Å². The van der Waals surface area contributed by atoms with E-state index in [4.69, 9.17) is 16.6 Å². The number of benzene rings is 2. The fourth-order valence-electron chi connectivity index (χ4n) is 3.24. The first-order valence-electron chi connectivity index (χ1n) is 8.86. The van der Waals surface area contributed by atoms with E-state index in [0.717, 1.165) is 11.1 Å². The molecule has 0 atom stereocenters. The molecule has 5 aromatic rings. The third kappa shape index (κ3) is 2.95. The number of fused-ring (bicyclic) bond motifs is 1. The van der Waals surface area contributed by atoms with Gasteiger partial charge in [0.05, 0.1) is 10.7 Å². The predicted octanol–water partition coefficient (Wildman–Crippen LogP) is 4.66. The van der Waals surface area contributed by atoms with Crippen molar-refractivity contribution in [2.75, 3.05) is 0 Å². The van der Waals surface area contributed by atoms with Gasteiger partial charge in [0.25, 0.3) is 5.56 Å². The average Bonchev–Trinajstić information content (AvgIpc) is 3.39. The third-order valence-electron chi connectivity index (χ3n) is 4.59. The zero-order chi connectivity index (χ0) is 20.0. The fourth-order valence-corrected chi connectivity index (χ4v) is 4.44. The van der Waals surface area contributed by atoms with E-state index in [1.165, 1.54) is 11.3 Å². The van der Waals surface area contributed by atoms with Crippen molar-refractivity contribution in [3.8, 4) is 22.2 Å². The highest BCUT2D eigenvalue weighted by Gasteiger charge is 2.20. The number of aryl methyl sites for hydroxylation is 1. The second-order valence-corrected chi connectivity index (χ2v) is 7.85. The van der Waals surface area contributed by atoms with E-state index in [2.05, 4.69) is 9.97 Å². The molecule has 0 N–H and O–H groups in total. The highest BCUT2D eigenvalue weighted by molar-refractivity contribution is 7.20. The molecule has 0 unspecified atom stereocenters. The molecule has 6 nitrogen and oxygen atoms in total. The maximum Gasteiger partial charge on any atom is 0.278 e. The average molecular weight is 420 g/mol. The van der Waals surface area contributed by atoms with Crippen molar-refractivity contribution in [3.63, 3.8) is 0 Å². The van der Waals surface area contributed by atoms with E-state index < -0.39 is 0 Å². The number of para-hydroxylation sites is 1.